The fraction of sp³-hybridized carbons (Fsp3) is 0.355. The van der Waals surface area contributed by atoms with Crippen LogP contribution in [0.2, 0.25) is 0 Å². The van der Waals surface area contributed by atoms with Crippen molar-refractivity contribution in [1.29, 1.82) is 5.26 Å². The number of pyridine rings is 1. The molecule has 0 aliphatic carbocycles. The summed E-state index contributed by atoms with van der Waals surface area (Å²) in [5, 5.41) is 15.3. The third kappa shape index (κ3) is 6.22. The Labute approximate surface area is 242 Å². The third-order valence-corrected chi connectivity index (χ3v) is 9.12. The number of nitrogens with zero attached hydrogens (tertiary/aromatic N) is 6. The van der Waals surface area contributed by atoms with Gasteiger partial charge in [-0.2, -0.15) is 5.26 Å². The summed E-state index contributed by atoms with van der Waals surface area (Å²) in [5.74, 6) is 4.46. The summed E-state index contributed by atoms with van der Waals surface area (Å²) in [6, 6.07) is 17.4. The van der Waals surface area contributed by atoms with Crippen LogP contribution >= 0.6 is 0 Å². The molecule has 3 aromatic rings. The first-order chi connectivity index (χ1) is 19.7. The van der Waals surface area contributed by atoms with Crippen molar-refractivity contribution in [3.05, 3.63) is 82.5 Å². The van der Waals surface area contributed by atoms with E-state index < -0.39 is 9.71 Å². The number of carbonyl (C=O) groups excluding carboxylic acids is 1. The van der Waals surface area contributed by atoms with Crippen molar-refractivity contribution in [3.8, 4) is 6.07 Å². The van der Waals surface area contributed by atoms with Crippen LogP contribution < -0.4 is 14.9 Å². The number of anilines is 2. The molecular weight excluding hydrogens is 534 g/mol. The van der Waals surface area contributed by atoms with E-state index in [-0.39, 0.29) is 5.91 Å². The maximum absolute atomic E-state index is 13.7. The molecule has 0 bridgehead atoms. The van der Waals surface area contributed by atoms with Crippen molar-refractivity contribution in [3.63, 3.8) is 0 Å². The lowest BCUT2D eigenvalue weighted by Crippen LogP contribution is -2.49. The van der Waals surface area contributed by atoms with Crippen LogP contribution in [-0.2, 0) is 16.3 Å². The van der Waals surface area contributed by atoms with Crippen LogP contribution in [0.3, 0.4) is 0 Å². The van der Waals surface area contributed by atoms with E-state index >= 15 is 0 Å². The number of para-hydroxylation sites is 1. The fourth-order valence-corrected chi connectivity index (χ4v) is 6.58. The second-order valence-electron chi connectivity index (χ2n) is 10.8. The van der Waals surface area contributed by atoms with Crippen molar-refractivity contribution in [1.82, 2.24) is 14.8 Å². The van der Waals surface area contributed by atoms with E-state index in [9.17, 15) is 14.3 Å². The molecule has 2 aromatic carbocycles. The fourth-order valence-electron chi connectivity index (χ4n) is 5.72. The lowest BCUT2D eigenvalue weighted by molar-refractivity contribution is 0.0745. The highest BCUT2D eigenvalue weighted by molar-refractivity contribution is 7.98. The quantitative estimate of drug-likeness (QED) is 0.453. The number of aryl methyl sites for hydroxylation is 2. The zero-order valence-corrected chi connectivity index (χ0v) is 24.6. The highest BCUT2D eigenvalue weighted by Gasteiger charge is 2.26. The molecule has 0 spiro atoms. The van der Waals surface area contributed by atoms with Crippen LogP contribution in [0, 0.1) is 25.2 Å². The number of carbonyl (C=O) groups is 1. The second-order valence-corrected chi connectivity index (χ2v) is 12.7. The molecule has 1 amide bonds. The molecule has 1 aromatic heterocycles. The highest BCUT2D eigenvalue weighted by atomic mass is 32.2. The number of benzene rings is 2. The smallest absolute Gasteiger partial charge is 0.254 e. The largest absolute Gasteiger partial charge is 0.367 e. The van der Waals surface area contributed by atoms with Crippen LogP contribution in [0.4, 0.5) is 11.5 Å². The molecule has 2 saturated heterocycles. The van der Waals surface area contributed by atoms with Crippen molar-refractivity contribution >= 4 is 33.0 Å². The van der Waals surface area contributed by atoms with E-state index in [1.165, 1.54) is 5.56 Å². The van der Waals surface area contributed by atoms with E-state index in [0.717, 1.165) is 60.9 Å². The molecule has 1 unspecified atom stereocenters. The first kappa shape index (κ1) is 28.6. The minimum atomic E-state index is -2.85. The molecule has 1 atom stereocenters. The van der Waals surface area contributed by atoms with Crippen LogP contribution in [-0.4, -0.2) is 83.1 Å². The predicted molar refractivity (Wildman–Crippen MR) is 165 cm³/mol. The number of piperazine rings is 2. The van der Waals surface area contributed by atoms with Crippen molar-refractivity contribution < 1.29 is 9.00 Å². The summed E-state index contributed by atoms with van der Waals surface area (Å²) < 4.78 is 12.5. The Morgan fingerprint density at radius 1 is 0.976 bits per heavy atom. The number of nitrogens with two attached hydrogens (primary N) is 1. The SMILES string of the molecule is C=S(N)(=O)c1ccccc1N1CCN(C(=O)c2cc(CN3CCN(c4ncccc4C#N)CC3)c(C)cc2C)CC1. The normalized spacial score (nSPS) is 17.7. The summed E-state index contributed by atoms with van der Waals surface area (Å²) in [5.41, 5.74) is 5.48. The van der Waals surface area contributed by atoms with Gasteiger partial charge in [0.1, 0.15) is 11.9 Å². The first-order valence-corrected chi connectivity index (χ1v) is 15.7. The maximum atomic E-state index is 13.7. The molecular formula is C31H37N7O2S. The van der Waals surface area contributed by atoms with Crippen LogP contribution in [0.1, 0.15) is 32.6 Å². The van der Waals surface area contributed by atoms with Crippen molar-refractivity contribution in [2.45, 2.75) is 25.3 Å². The van der Waals surface area contributed by atoms with Gasteiger partial charge < -0.3 is 14.7 Å². The summed E-state index contributed by atoms with van der Waals surface area (Å²) in [6.07, 6.45) is 1.73. The van der Waals surface area contributed by atoms with E-state index in [2.05, 4.69) is 50.7 Å². The average molecular weight is 572 g/mol. The summed E-state index contributed by atoms with van der Waals surface area (Å²) in [7, 11) is -2.85. The topological polar surface area (TPSA) is 110 Å². The van der Waals surface area contributed by atoms with Gasteiger partial charge in [-0.05, 0) is 66.7 Å². The van der Waals surface area contributed by atoms with Gasteiger partial charge >= 0.3 is 0 Å². The molecule has 2 aliphatic rings. The van der Waals surface area contributed by atoms with Crippen LogP contribution in [0.25, 0.3) is 0 Å². The van der Waals surface area contributed by atoms with Gasteiger partial charge in [0.25, 0.3) is 5.91 Å². The van der Waals surface area contributed by atoms with Gasteiger partial charge in [-0.15, -0.1) is 0 Å². The van der Waals surface area contributed by atoms with Gasteiger partial charge in [0.15, 0.2) is 0 Å². The zero-order valence-electron chi connectivity index (χ0n) is 23.8. The Bertz CT molecular complexity index is 1580. The standard InChI is InChI=1S/C31H37N7O2S/c1-23-19-24(2)27(20-26(23)22-35-11-13-37(14-12-35)30-25(21-32)7-6-10-34-30)31(39)38-17-15-36(16-18-38)28-8-4-5-9-29(28)41(3,33)40/h4-10,19-20H,3,11-18,22H2,1-2H3,(H2,33,40). The number of hydrogen-bond acceptors (Lipinski definition) is 7. The van der Waals surface area contributed by atoms with E-state index in [4.69, 9.17) is 5.14 Å². The third-order valence-electron chi connectivity index (χ3n) is 8.03. The summed E-state index contributed by atoms with van der Waals surface area (Å²) in [6.45, 7) is 10.6. The Balaban J connectivity index is 1.24. The Morgan fingerprint density at radius 3 is 2.34 bits per heavy atom. The molecule has 2 N–H and O–H groups in total. The summed E-state index contributed by atoms with van der Waals surface area (Å²) >= 11 is 0. The van der Waals surface area contributed by atoms with Crippen LogP contribution in [0.5, 0.6) is 0 Å². The van der Waals surface area contributed by atoms with E-state index in [1.807, 2.05) is 36.1 Å². The summed E-state index contributed by atoms with van der Waals surface area (Å²) in [4.78, 5) is 27.3. The van der Waals surface area contributed by atoms with Crippen molar-refractivity contribution in [2.24, 2.45) is 5.14 Å². The van der Waals surface area contributed by atoms with Crippen molar-refractivity contribution in [2.75, 3.05) is 62.2 Å². The van der Waals surface area contributed by atoms with E-state index in [0.29, 0.717) is 36.6 Å². The number of amides is 1. The lowest BCUT2D eigenvalue weighted by atomic mass is 9.98. The van der Waals surface area contributed by atoms with Gasteiger partial charge in [-0.1, -0.05) is 18.2 Å². The molecule has 214 valence electrons. The number of rotatable bonds is 6. The molecule has 2 aliphatic heterocycles. The lowest BCUT2D eigenvalue weighted by Gasteiger charge is -2.37. The molecule has 0 saturated carbocycles. The minimum absolute atomic E-state index is 0.0421. The second kappa shape index (κ2) is 11.9. The zero-order chi connectivity index (χ0) is 29.1. The molecule has 5 rings (SSSR count). The Morgan fingerprint density at radius 2 is 1.66 bits per heavy atom. The average Bonchev–Trinajstić information content (AvgIpc) is 2.98. The molecule has 41 heavy (non-hydrogen) atoms. The molecule has 10 heteroatoms. The van der Waals surface area contributed by atoms with Gasteiger partial charge in [-0.25, -0.2) is 9.19 Å². The monoisotopic (exact) mass is 571 g/mol. The Hall–Kier alpha value is -3.91. The van der Waals surface area contributed by atoms with Gasteiger partial charge in [0.2, 0.25) is 0 Å². The molecule has 0 radical (unpaired) electrons. The number of nitriles is 1. The maximum Gasteiger partial charge on any atom is 0.254 e. The van der Waals surface area contributed by atoms with Gasteiger partial charge in [-0.3, -0.25) is 14.8 Å². The molecule has 3 heterocycles. The van der Waals surface area contributed by atoms with Gasteiger partial charge in [0.05, 0.1) is 25.9 Å². The molecule has 9 nitrogen and oxygen atoms in total. The Kier molecular flexibility index (Phi) is 8.31. The minimum Gasteiger partial charge on any atom is -0.367 e. The number of hydrogen-bond donors (Lipinski definition) is 1. The van der Waals surface area contributed by atoms with Crippen LogP contribution in [0.15, 0.2) is 59.6 Å². The van der Waals surface area contributed by atoms with Gasteiger partial charge in [0, 0.05) is 70.7 Å². The van der Waals surface area contributed by atoms with E-state index in [1.54, 1.807) is 18.3 Å². The predicted octanol–water partition coefficient (Wildman–Crippen LogP) is 2.80. The highest BCUT2D eigenvalue weighted by Crippen LogP contribution is 2.27. The number of aromatic nitrogens is 1. The first-order valence-electron chi connectivity index (χ1n) is 13.9. The molecule has 2 fully saturated rings.